The second kappa shape index (κ2) is 5.67. The van der Waals surface area contributed by atoms with Crippen molar-refractivity contribution in [1.82, 2.24) is 0 Å². The minimum Gasteiger partial charge on any atom is -0.294 e. The van der Waals surface area contributed by atoms with Crippen molar-refractivity contribution >= 4 is 5.78 Å². The number of alkyl halides is 3. The molecule has 0 N–H and O–H groups in total. The zero-order valence-electron chi connectivity index (χ0n) is 9.79. The predicted molar refractivity (Wildman–Crippen MR) is 59.8 cm³/mol. The first-order valence-electron chi connectivity index (χ1n) is 5.48. The summed E-state index contributed by atoms with van der Waals surface area (Å²) in [5.74, 6) is -0.737. The number of ketones is 1. The van der Waals surface area contributed by atoms with Gasteiger partial charge in [-0.3, -0.25) is 4.79 Å². The van der Waals surface area contributed by atoms with Crippen molar-refractivity contribution in [3.8, 4) is 6.07 Å². The number of hydrogen-bond acceptors (Lipinski definition) is 2. The van der Waals surface area contributed by atoms with Gasteiger partial charge in [-0.05, 0) is 18.6 Å². The number of carbonyl (C=O) groups excluding carboxylic acids is 1. The van der Waals surface area contributed by atoms with E-state index in [1.807, 2.05) is 6.07 Å². The largest absolute Gasteiger partial charge is 0.416 e. The molecule has 0 radical (unpaired) electrons. The molecule has 1 unspecified atom stereocenters. The molecule has 0 bridgehead atoms. The summed E-state index contributed by atoms with van der Waals surface area (Å²) in [6, 6.07) is 5.98. The van der Waals surface area contributed by atoms with E-state index in [2.05, 4.69) is 0 Å². The van der Waals surface area contributed by atoms with Gasteiger partial charge in [-0.1, -0.05) is 19.1 Å². The summed E-state index contributed by atoms with van der Waals surface area (Å²) in [7, 11) is 0. The van der Waals surface area contributed by atoms with Crippen LogP contribution in [0.25, 0.3) is 0 Å². The lowest BCUT2D eigenvalue weighted by Crippen LogP contribution is -2.14. The summed E-state index contributed by atoms with van der Waals surface area (Å²) in [6.45, 7) is 1.77. The Balaban J connectivity index is 2.92. The molecule has 2 nitrogen and oxygen atoms in total. The molecule has 18 heavy (non-hydrogen) atoms. The molecule has 0 aliphatic rings. The van der Waals surface area contributed by atoms with Crippen LogP contribution in [-0.4, -0.2) is 5.78 Å². The summed E-state index contributed by atoms with van der Waals surface area (Å²) in [6.07, 6.45) is -3.83. The van der Waals surface area contributed by atoms with Crippen molar-refractivity contribution in [2.24, 2.45) is 5.92 Å². The molecule has 96 valence electrons. The van der Waals surface area contributed by atoms with E-state index in [0.29, 0.717) is 6.42 Å². The molecular weight excluding hydrogens is 243 g/mol. The summed E-state index contributed by atoms with van der Waals surface area (Å²) in [5, 5.41) is 8.56. The Morgan fingerprint density at radius 1 is 1.33 bits per heavy atom. The molecule has 0 fully saturated rings. The molecule has 1 rings (SSSR count). The molecule has 0 aliphatic carbocycles. The Labute approximate surface area is 103 Å². The third-order valence-electron chi connectivity index (χ3n) is 2.70. The van der Waals surface area contributed by atoms with Gasteiger partial charge in [0, 0.05) is 17.9 Å². The van der Waals surface area contributed by atoms with Crippen LogP contribution in [-0.2, 0) is 6.18 Å². The molecule has 0 aliphatic heterocycles. The maximum absolute atomic E-state index is 12.3. The average Bonchev–Trinajstić information content (AvgIpc) is 2.34. The lowest BCUT2D eigenvalue weighted by atomic mass is 9.92. The monoisotopic (exact) mass is 255 g/mol. The fourth-order valence-electron chi connectivity index (χ4n) is 1.59. The Hall–Kier alpha value is -1.83. The third-order valence-corrected chi connectivity index (χ3v) is 2.70. The van der Waals surface area contributed by atoms with Crippen LogP contribution >= 0.6 is 0 Å². The van der Waals surface area contributed by atoms with E-state index in [0.717, 1.165) is 24.3 Å². The van der Waals surface area contributed by atoms with Crippen LogP contribution < -0.4 is 0 Å². The number of hydrogen-bond donors (Lipinski definition) is 0. The normalized spacial score (nSPS) is 12.8. The molecule has 0 heterocycles. The summed E-state index contributed by atoms with van der Waals surface area (Å²) < 4.78 is 37.0. The SMILES string of the molecule is CCC(CC#N)C(=O)c1ccc(C(F)(F)F)cc1. The smallest absolute Gasteiger partial charge is 0.294 e. The molecule has 0 amide bonds. The van der Waals surface area contributed by atoms with Crippen LogP contribution in [0.5, 0.6) is 0 Å². The first-order valence-corrected chi connectivity index (χ1v) is 5.48. The zero-order valence-corrected chi connectivity index (χ0v) is 9.79. The molecule has 0 spiro atoms. The average molecular weight is 255 g/mol. The fourth-order valence-corrected chi connectivity index (χ4v) is 1.59. The van der Waals surface area contributed by atoms with Gasteiger partial charge >= 0.3 is 6.18 Å². The number of carbonyl (C=O) groups is 1. The summed E-state index contributed by atoms with van der Waals surface area (Å²) >= 11 is 0. The van der Waals surface area contributed by atoms with Gasteiger partial charge in [-0.2, -0.15) is 18.4 Å². The Bertz CT molecular complexity index is 457. The minimum atomic E-state index is -4.40. The molecule has 5 heteroatoms. The summed E-state index contributed by atoms with van der Waals surface area (Å²) in [4.78, 5) is 11.9. The molecule has 0 aromatic heterocycles. The topological polar surface area (TPSA) is 40.9 Å². The summed E-state index contributed by atoms with van der Waals surface area (Å²) in [5.41, 5.74) is -0.572. The predicted octanol–water partition coefficient (Wildman–Crippen LogP) is 3.83. The van der Waals surface area contributed by atoms with Gasteiger partial charge in [0.25, 0.3) is 0 Å². The molecule has 0 saturated carbocycles. The number of rotatable bonds is 4. The Morgan fingerprint density at radius 3 is 2.28 bits per heavy atom. The molecule has 1 aromatic rings. The number of benzene rings is 1. The van der Waals surface area contributed by atoms with E-state index in [1.54, 1.807) is 6.92 Å². The lowest BCUT2D eigenvalue weighted by Gasteiger charge is -2.11. The minimum absolute atomic E-state index is 0.0797. The number of halogens is 3. The first-order chi connectivity index (χ1) is 8.40. The van der Waals surface area contributed by atoms with E-state index < -0.39 is 17.7 Å². The third kappa shape index (κ3) is 3.33. The van der Waals surface area contributed by atoms with E-state index in [9.17, 15) is 18.0 Å². The number of nitrogens with zero attached hydrogens (tertiary/aromatic N) is 1. The van der Waals surface area contributed by atoms with Crippen LogP contribution in [0.4, 0.5) is 13.2 Å². The highest BCUT2D eigenvalue weighted by Crippen LogP contribution is 2.29. The van der Waals surface area contributed by atoms with Crippen molar-refractivity contribution in [3.63, 3.8) is 0 Å². The standard InChI is InChI=1S/C13H12F3NO/c1-2-9(7-8-17)12(18)10-3-5-11(6-4-10)13(14,15)16/h3-6,9H,2,7H2,1H3. The van der Waals surface area contributed by atoms with Gasteiger partial charge in [-0.25, -0.2) is 0 Å². The fraction of sp³-hybridized carbons (Fsp3) is 0.385. The van der Waals surface area contributed by atoms with Crippen LogP contribution in [0.15, 0.2) is 24.3 Å². The van der Waals surface area contributed by atoms with Crippen LogP contribution in [0.2, 0.25) is 0 Å². The molecule has 1 aromatic carbocycles. The lowest BCUT2D eigenvalue weighted by molar-refractivity contribution is -0.137. The maximum atomic E-state index is 12.3. The van der Waals surface area contributed by atoms with Crippen molar-refractivity contribution in [3.05, 3.63) is 35.4 Å². The van der Waals surface area contributed by atoms with E-state index in [4.69, 9.17) is 5.26 Å². The van der Waals surface area contributed by atoms with Crippen molar-refractivity contribution in [2.45, 2.75) is 25.9 Å². The second-order valence-corrected chi connectivity index (χ2v) is 3.91. The Kier molecular flexibility index (Phi) is 4.49. The number of Topliss-reactive ketones (excluding diaryl/α,β-unsaturated/α-hetero) is 1. The highest BCUT2D eigenvalue weighted by Gasteiger charge is 2.30. The van der Waals surface area contributed by atoms with Crippen LogP contribution in [0.3, 0.4) is 0 Å². The number of nitriles is 1. The zero-order chi connectivity index (χ0) is 13.8. The maximum Gasteiger partial charge on any atom is 0.416 e. The van der Waals surface area contributed by atoms with Gasteiger partial charge in [0.2, 0.25) is 0 Å². The van der Waals surface area contributed by atoms with Gasteiger partial charge < -0.3 is 0 Å². The van der Waals surface area contributed by atoms with E-state index in [-0.39, 0.29) is 17.8 Å². The van der Waals surface area contributed by atoms with Gasteiger partial charge in [0.05, 0.1) is 11.6 Å². The quantitative estimate of drug-likeness (QED) is 0.767. The van der Waals surface area contributed by atoms with Crippen LogP contribution in [0, 0.1) is 17.2 Å². The van der Waals surface area contributed by atoms with Crippen LogP contribution in [0.1, 0.15) is 35.7 Å². The molecule has 0 saturated heterocycles. The van der Waals surface area contributed by atoms with Gasteiger partial charge in [0.15, 0.2) is 5.78 Å². The van der Waals surface area contributed by atoms with Crippen molar-refractivity contribution in [2.75, 3.05) is 0 Å². The van der Waals surface area contributed by atoms with Gasteiger partial charge in [-0.15, -0.1) is 0 Å². The Morgan fingerprint density at radius 2 is 1.89 bits per heavy atom. The molecular formula is C13H12F3NO. The highest BCUT2D eigenvalue weighted by atomic mass is 19.4. The van der Waals surface area contributed by atoms with Gasteiger partial charge in [0.1, 0.15) is 0 Å². The van der Waals surface area contributed by atoms with E-state index >= 15 is 0 Å². The highest BCUT2D eigenvalue weighted by molar-refractivity contribution is 5.98. The van der Waals surface area contributed by atoms with Crippen molar-refractivity contribution in [1.29, 1.82) is 5.26 Å². The first kappa shape index (κ1) is 14.2. The van der Waals surface area contributed by atoms with Crippen molar-refractivity contribution < 1.29 is 18.0 Å². The second-order valence-electron chi connectivity index (χ2n) is 3.91. The molecule has 1 atom stereocenters. The van der Waals surface area contributed by atoms with E-state index in [1.165, 1.54) is 0 Å².